The molecule has 0 unspecified atom stereocenters. The van der Waals surface area contributed by atoms with Gasteiger partial charge in [0.05, 0.1) is 24.3 Å². The number of nitrogens with zero attached hydrogens (tertiary/aromatic N) is 2. The van der Waals surface area contributed by atoms with Gasteiger partial charge in [-0.2, -0.15) is 0 Å². The molecule has 3 aromatic rings. The van der Waals surface area contributed by atoms with E-state index in [2.05, 4.69) is 5.32 Å². The van der Waals surface area contributed by atoms with E-state index in [0.29, 0.717) is 5.52 Å². The van der Waals surface area contributed by atoms with E-state index in [9.17, 15) is 24.3 Å². The molecule has 1 aromatic heterocycles. The third-order valence-electron chi connectivity index (χ3n) is 6.55. The summed E-state index contributed by atoms with van der Waals surface area (Å²) < 4.78 is 37.0. The number of cyclic esters (lactones) is 1. The normalized spacial score (nSPS) is 17.2. The number of carbonyl (C=O) groups excluding carboxylic acids is 2. The Balaban J connectivity index is 1.43. The number of aromatic carboxylic acids is 1. The van der Waals surface area contributed by atoms with Crippen molar-refractivity contribution in [3.05, 3.63) is 75.1 Å². The van der Waals surface area contributed by atoms with Crippen LogP contribution in [0.3, 0.4) is 0 Å². The minimum absolute atomic E-state index is 0.0187. The Morgan fingerprint density at radius 2 is 1.84 bits per heavy atom. The second kappa shape index (κ2) is 9.30. The second-order valence-electron chi connectivity index (χ2n) is 9.28. The van der Waals surface area contributed by atoms with Crippen LogP contribution in [0.4, 0.5) is 19.3 Å². The van der Waals surface area contributed by atoms with Gasteiger partial charge in [0, 0.05) is 31.0 Å². The van der Waals surface area contributed by atoms with Crippen LogP contribution in [-0.4, -0.2) is 46.8 Å². The molecule has 2 fully saturated rings. The Morgan fingerprint density at radius 3 is 2.49 bits per heavy atom. The number of rotatable bonds is 7. The first kappa shape index (κ1) is 24.4. The number of amides is 2. The van der Waals surface area contributed by atoms with Crippen LogP contribution in [0.15, 0.2) is 41.3 Å². The van der Waals surface area contributed by atoms with Gasteiger partial charge in [-0.05, 0) is 48.2 Å². The zero-order chi connectivity index (χ0) is 26.4. The van der Waals surface area contributed by atoms with E-state index in [1.54, 1.807) is 4.57 Å². The lowest BCUT2D eigenvalue weighted by Crippen LogP contribution is -2.33. The van der Waals surface area contributed by atoms with E-state index in [0.717, 1.165) is 25.0 Å². The number of aromatic nitrogens is 1. The van der Waals surface area contributed by atoms with Crippen LogP contribution in [0.5, 0.6) is 0 Å². The van der Waals surface area contributed by atoms with Gasteiger partial charge in [-0.1, -0.05) is 6.07 Å². The van der Waals surface area contributed by atoms with E-state index < -0.39 is 40.8 Å². The number of benzene rings is 2. The molecular weight excluding hydrogens is 488 g/mol. The summed E-state index contributed by atoms with van der Waals surface area (Å²) in [5.41, 5.74) is -0.211. The van der Waals surface area contributed by atoms with Crippen molar-refractivity contribution in [2.75, 3.05) is 18.0 Å². The Bertz CT molecular complexity index is 1510. The molecule has 2 N–H and O–H groups in total. The molecule has 1 aliphatic heterocycles. The molecule has 2 amide bonds. The number of carboxylic acids is 1. The molecule has 11 heteroatoms. The first-order chi connectivity index (χ1) is 17.6. The first-order valence-corrected chi connectivity index (χ1v) is 11.7. The standard InChI is InChI=1S/C26H23F2N3O6/c1-13(32)29-10-18-11-31(26(36)37-18)17-3-2-14(21(27)8-17)6-15-7-23-19(9-22(15)28)24(33)20(25(34)35)12-30(23)16-4-5-16/h2-3,7-9,12,16,18H,4-6,10-11H2,1H3,(H,29,32)(H,34,35)/t18-/m0/s1. The smallest absolute Gasteiger partial charge is 0.414 e. The summed E-state index contributed by atoms with van der Waals surface area (Å²) in [6, 6.07) is 6.64. The molecule has 1 aliphatic carbocycles. The molecule has 1 atom stereocenters. The Morgan fingerprint density at radius 1 is 1.11 bits per heavy atom. The van der Waals surface area contributed by atoms with Crippen molar-refractivity contribution in [2.45, 2.75) is 38.3 Å². The quantitative estimate of drug-likeness (QED) is 0.502. The zero-order valence-corrected chi connectivity index (χ0v) is 19.8. The van der Waals surface area contributed by atoms with Gasteiger partial charge in [0.2, 0.25) is 11.3 Å². The maximum Gasteiger partial charge on any atom is 0.414 e. The Kier molecular flexibility index (Phi) is 6.14. The molecule has 2 aromatic carbocycles. The lowest BCUT2D eigenvalue weighted by Gasteiger charge is -2.16. The van der Waals surface area contributed by atoms with Gasteiger partial charge in [0.1, 0.15) is 23.3 Å². The lowest BCUT2D eigenvalue weighted by molar-refractivity contribution is -0.119. The molecule has 1 saturated heterocycles. The number of ether oxygens (including phenoxy) is 1. The van der Waals surface area contributed by atoms with E-state index >= 15 is 8.78 Å². The van der Waals surface area contributed by atoms with Crippen molar-refractivity contribution in [3.8, 4) is 0 Å². The minimum atomic E-state index is -1.38. The number of fused-ring (bicyclic) bond motifs is 1. The fourth-order valence-corrected chi connectivity index (χ4v) is 4.50. The third kappa shape index (κ3) is 4.76. The van der Waals surface area contributed by atoms with Gasteiger partial charge in [0.25, 0.3) is 0 Å². The van der Waals surface area contributed by atoms with E-state index in [1.807, 2.05) is 0 Å². The van der Waals surface area contributed by atoms with E-state index in [-0.39, 0.29) is 53.7 Å². The number of hydrogen-bond acceptors (Lipinski definition) is 5. The predicted molar refractivity (Wildman–Crippen MR) is 129 cm³/mol. The molecule has 1 saturated carbocycles. The molecule has 0 radical (unpaired) electrons. The molecule has 2 heterocycles. The topological polar surface area (TPSA) is 118 Å². The summed E-state index contributed by atoms with van der Waals surface area (Å²) in [6.45, 7) is 1.62. The highest BCUT2D eigenvalue weighted by Gasteiger charge is 2.33. The van der Waals surface area contributed by atoms with Gasteiger partial charge in [-0.25, -0.2) is 18.4 Å². The van der Waals surface area contributed by atoms with Crippen LogP contribution in [0.1, 0.15) is 47.3 Å². The van der Waals surface area contributed by atoms with Gasteiger partial charge < -0.3 is 19.7 Å². The fraction of sp³-hybridized carbons (Fsp3) is 0.308. The molecule has 5 rings (SSSR count). The van der Waals surface area contributed by atoms with Crippen molar-refractivity contribution in [1.82, 2.24) is 9.88 Å². The van der Waals surface area contributed by atoms with Crippen LogP contribution in [-0.2, 0) is 16.0 Å². The highest BCUT2D eigenvalue weighted by atomic mass is 19.1. The van der Waals surface area contributed by atoms with Crippen molar-refractivity contribution < 1.29 is 33.0 Å². The maximum absolute atomic E-state index is 15.1. The van der Waals surface area contributed by atoms with Crippen molar-refractivity contribution >= 4 is 34.6 Å². The van der Waals surface area contributed by atoms with Crippen LogP contribution >= 0.6 is 0 Å². The fourth-order valence-electron chi connectivity index (χ4n) is 4.50. The number of carbonyl (C=O) groups is 3. The molecule has 9 nitrogen and oxygen atoms in total. The largest absolute Gasteiger partial charge is 0.477 e. The first-order valence-electron chi connectivity index (χ1n) is 11.7. The number of carboxylic acid groups (broad SMARTS) is 1. The summed E-state index contributed by atoms with van der Waals surface area (Å²) in [5, 5.41) is 11.9. The summed E-state index contributed by atoms with van der Waals surface area (Å²) >= 11 is 0. The highest BCUT2D eigenvalue weighted by molar-refractivity contribution is 5.93. The average molecular weight is 511 g/mol. The SMILES string of the molecule is CC(=O)NC[C@H]1CN(c2ccc(Cc3cc4c(cc3F)c(=O)c(C(=O)O)cn4C3CC3)c(F)c2)C(=O)O1. The predicted octanol–water partition coefficient (Wildman–Crippen LogP) is 3.36. The van der Waals surface area contributed by atoms with Gasteiger partial charge in [-0.3, -0.25) is 14.5 Å². The van der Waals surface area contributed by atoms with Crippen LogP contribution < -0.4 is 15.6 Å². The summed E-state index contributed by atoms with van der Waals surface area (Å²) in [5.74, 6) is -3.05. The summed E-state index contributed by atoms with van der Waals surface area (Å²) in [7, 11) is 0. The number of nitrogens with one attached hydrogen (secondary N) is 1. The van der Waals surface area contributed by atoms with E-state index in [4.69, 9.17) is 4.74 Å². The zero-order valence-electron chi connectivity index (χ0n) is 19.8. The molecular formula is C26H23F2N3O6. The summed E-state index contributed by atoms with van der Waals surface area (Å²) in [4.78, 5) is 48.7. The Hall–Kier alpha value is -4.28. The van der Waals surface area contributed by atoms with E-state index in [1.165, 1.54) is 36.2 Å². The van der Waals surface area contributed by atoms with Gasteiger partial charge in [-0.15, -0.1) is 0 Å². The second-order valence-corrected chi connectivity index (χ2v) is 9.28. The maximum atomic E-state index is 15.1. The molecule has 0 spiro atoms. The van der Waals surface area contributed by atoms with Crippen LogP contribution in [0.2, 0.25) is 0 Å². The Labute approximate surface area is 209 Å². The molecule has 2 aliphatic rings. The van der Waals surface area contributed by atoms with Crippen LogP contribution in [0.25, 0.3) is 10.9 Å². The number of halogens is 2. The lowest BCUT2D eigenvalue weighted by atomic mass is 10.0. The average Bonchev–Trinajstić information content (AvgIpc) is 3.61. The monoisotopic (exact) mass is 511 g/mol. The van der Waals surface area contributed by atoms with Crippen molar-refractivity contribution in [2.24, 2.45) is 0 Å². The highest BCUT2D eigenvalue weighted by Crippen LogP contribution is 2.37. The number of pyridine rings is 1. The van der Waals surface area contributed by atoms with Crippen molar-refractivity contribution in [1.29, 1.82) is 0 Å². The molecule has 37 heavy (non-hydrogen) atoms. The third-order valence-corrected chi connectivity index (χ3v) is 6.55. The van der Waals surface area contributed by atoms with Gasteiger partial charge in [0.15, 0.2) is 0 Å². The minimum Gasteiger partial charge on any atom is -0.477 e. The van der Waals surface area contributed by atoms with Crippen LogP contribution in [0, 0.1) is 11.6 Å². The number of anilines is 1. The summed E-state index contributed by atoms with van der Waals surface area (Å²) in [6.07, 6.45) is 1.55. The molecule has 0 bridgehead atoms. The van der Waals surface area contributed by atoms with Crippen molar-refractivity contribution in [3.63, 3.8) is 0 Å². The number of hydrogen-bond donors (Lipinski definition) is 2. The van der Waals surface area contributed by atoms with Gasteiger partial charge >= 0.3 is 12.1 Å². The molecule has 192 valence electrons.